The maximum Gasteiger partial charge on any atom is 0.336 e. The fourth-order valence-electron chi connectivity index (χ4n) is 4.93. The lowest BCUT2D eigenvalue weighted by Gasteiger charge is -2.38. The van der Waals surface area contributed by atoms with Crippen LogP contribution in [0.5, 0.6) is 0 Å². The fourth-order valence-corrected chi connectivity index (χ4v) is 4.93. The van der Waals surface area contributed by atoms with E-state index in [4.69, 9.17) is 2.74 Å². The predicted molar refractivity (Wildman–Crippen MR) is 147 cm³/mol. The van der Waals surface area contributed by atoms with Crippen LogP contribution in [0.3, 0.4) is 0 Å². The molecule has 1 aliphatic rings. The van der Waals surface area contributed by atoms with Gasteiger partial charge in [0.15, 0.2) is 0 Å². The average molecular weight is 505 g/mol. The SMILES string of the molecule is [2H]C([2H])(C(C)C)N(c1ccc(-c2ccccc2C(=O)O)cc1NC(=O)Cc1ccccc1F)C1CCCCC1. The zero-order chi connectivity index (χ0) is 28.2. The third kappa shape index (κ3) is 6.56. The molecule has 0 heterocycles. The Morgan fingerprint density at radius 2 is 1.76 bits per heavy atom. The molecule has 0 bridgehead atoms. The fraction of sp³-hybridized carbons (Fsp3) is 0.355. The van der Waals surface area contributed by atoms with E-state index in [0.29, 0.717) is 22.5 Å². The van der Waals surface area contributed by atoms with Gasteiger partial charge in [0.25, 0.3) is 0 Å². The maximum absolute atomic E-state index is 14.3. The van der Waals surface area contributed by atoms with Crippen molar-refractivity contribution in [3.8, 4) is 11.1 Å². The van der Waals surface area contributed by atoms with Gasteiger partial charge in [0.2, 0.25) is 5.91 Å². The molecule has 3 aromatic carbocycles. The molecule has 0 aromatic heterocycles. The topological polar surface area (TPSA) is 69.6 Å². The molecule has 6 heteroatoms. The van der Waals surface area contributed by atoms with E-state index < -0.39 is 24.2 Å². The van der Waals surface area contributed by atoms with Crippen LogP contribution in [0.4, 0.5) is 15.8 Å². The van der Waals surface area contributed by atoms with E-state index in [1.165, 1.54) is 12.1 Å². The normalized spacial score (nSPS) is 15.1. The van der Waals surface area contributed by atoms with Gasteiger partial charge in [-0.3, -0.25) is 4.79 Å². The summed E-state index contributed by atoms with van der Waals surface area (Å²) in [7, 11) is 0. The van der Waals surface area contributed by atoms with Gasteiger partial charge in [-0.25, -0.2) is 9.18 Å². The van der Waals surface area contributed by atoms with Crippen molar-refractivity contribution in [3.63, 3.8) is 0 Å². The van der Waals surface area contributed by atoms with Crippen LogP contribution in [0.15, 0.2) is 66.7 Å². The van der Waals surface area contributed by atoms with Crippen molar-refractivity contribution in [1.29, 1.82) is 0 Å². The Morgan fingerprint density at radius 3 is 2.46 bits per heavy atom. The molecule has 0 radical (unpaired) electrons. The second kappa shape index (κ2) is 12.0. The summed E-state index contributed by atoms with van der Waals surface area (Å²) < 4.78 is 32.4. The number of nitrogens with zero attached hydrogens (tertiary/aromatic N) is 1. The number of hydrogen-bond donors (Lipinski definition) is 2. The Labute approximate surface area is 221 Å². The molecule has 37 heavy (non-hydrogen) atoms. The first-order chi connectivity index (χ1) is 18.6. The molecule has 3 aromatic rings. The second-order valence-electron chi connectivity index (χ2n) is 9.84. The number of carboxylic acid groups (broad SMARTS) is 1. The number of carbonyl (C=O) groups is 2. The summed E-state index contributed by atoms with van der Waals surface area (Å²) in [6, 6.07) is 17.9. The lowest BCUT2D eigenvalue weighted by atomic mass is 9.92. The minimum atomic E-state index is -1.71. The van der Waals surface area contributed by atoms with E-state index >= 15 is 0 Å². The second-order valence-corrected chi connectivity index (χ2v) is 9.84. The molecular formula is C31H35FN2O3. The highest BCUT2D eigenvalue weighted by molar-refractivity contribution is 5.99. The van der Waals surface area contributed by atoms with Gasteiger partial charge in [-0.05, 0) is 59.7 Å². The van der Waals surface area contributed by atoms with Crippen molar-refractivity contribution in [3.05, 3.63) is 83.7 Å². The Hall–Kier alpha value is -3.67. The lowest BCUT2D eigenvalue weighted by Crippen LogP contribution is -2.40. The summed E-state index contributed by atoms with van der Waals surface area (Å²) >= 11 is 0. The molecular weight excluding hydrogens is 467 g/mol. The number of aromatic carboxylic acids is 1. The van der Waals surface area contributed by atoms with E-state index in [0.717, 1.165) is 32.1 Å². The summed E-state index contributed by atoms with van der Waals surface area (Å²) in [5, 5.41) is 12.7. The van der Waals surface area contributed by atoms with Gasteiger partial charge in [0.1, 0.15) is 5.82 Å². The van der Waals surface area contributed by atoms with Gasteiger partial charge in [0.05, 0.1) is 23.4 Å². The summed E-state index contributed by atoms with van der Waals surface area (Å²) in [4.78, 5) is 26.9. The number of nitrogens with one attached hydrogen (secondary N) is 1. The molecule has 1 fully saturated rings. The van der Waals surface area contributed by atoms with Gasteiger partial charge >= 0.3 is 5.97 Å². The van der Waals surface area contributed by atoms with E-state index in [1.54, 1.807) is 59.5 Å². The van der Waals surface area contributed by atoms with Crippen LogP contribution in [0.1, 0.15) is 64.6 Å². The quantitative estimate of drug-likeness (QED) is 0.324. The highest BCUT2D eigenvalue weighted by Crippen LogP contribution is 2.37. The first-order valence-electron chi connectivity index (χ1n) is 13.9. The van der Waals surface area contributed by atoms with E-state index in [9.17, 15) is 19.1 Å². The van der Waals surface area contributed by atoms with Gasteiger partial charge in [-0.1, -0.05) is 75.6 Å². The summed E-state index contributed by atoms with van der Waals surface area (Å²) in [5.74, 6) is -2.33. The Bertz CT molecular complexity index is 1340. The highest BCUT2D eigenvalue weighted by Gasteiger charge is 2.25. The van der Waals surface area contributed by atoms with Crippen molar-refractivity contribution in [1.82, 2.24) is 0 Å². The average Bonchev–Trinajstić information content (AvgIpc) is 2.91. The Balaban J connectivity index is 1.83. The largest absolute Gasteiger partial charge is 0.478 e. The Kier molecular flexibility index (Phi) is 7.72. The molecule has 0 saturated heterocycles. The molecule has 0 spiro atoms. The summed E-state index contributed by atoms with van der Waals surface area (Å²) in [6.45, 7) is 1.96. The van der Waals surface area contributed by atoms with Crippen molar-refractivity contribution in [2.24, 2.45) is 5.92 Å². The number of amides is 1. The molecule has 4 rings (SSSR count). The number of carboxylic acids is 1. The number of carbonyl (C=O) groups excluding carboxylic acids is 1. The van der Waals surface area contributed by atoms with Crippen molar-refractivity contribution in [2.75, 3.05) is 16.7 Å². The Morgan fingerprint density at radius 1 is 1.05 bits per heavy atom. The van der Waals surface area contributed by atoms with E-state index in [2.05, 4.69) is 5.32 Å². The van der Waals surface area contributed by atoms with Gasteiger partial charge in [-0.2, -0.15) is 0 Å². The molecule has 5 nitrogen and oxygen atoms in total. The summed E-state index contributed by atoms with van der Waals surface area (Å²) in [6.07, 6.45) is 4.56. The van der Waals surface area contributed by atoms with Gasteiger partial charge in [-0.15, -0.1) is 0 Å². The number of halogens is 1. The van der Waals surface area contributed by atoms with Crippen LogP contribution in [-0.4, -0.2) is 29.5 Å². The zero-order valence-corrected chi connectivity index (χ0v) is 21.3. The minimum Gasteiger partial charge on any atom is -0.478 e. The molecule has 1 aliphatic carbocycles. The first kappa shape index (κ1) is 23.7. The smallest absolute Gasteiger partial charge is 0.336 e. The molecule has 2 N–H and O–H groups in total. The van der Waals surface area contributed by atoms with Crippen LogP contribution < -0.4 is 10.2 Å². The number of benzene rings is 3. The number of anilines is 2. The number of rotatable bonds is 9. The first-order valence-corrected chi connectivity index (χ1v) is 12.9. The van der Waals surface area contributed by atoms with Crippen LogP contribution >= 0.6 is 0 Å². The molecule has 1 amide bonds. The molecule has 194 valence electrons. The molecule has 0 atom stereocenters. The van der Waals surface area contributed by atoms with Crippen LogP contribution in [0.2, 0.25) is 0 Å². The van der Waals surface area contributed by atoms with Crippen LogP contribution in [0, 0.1) is 11.7 Å². The zero-order valence-electron chi connectivity index (χ0n) is 23.3. The molecule has 1 saturated carbocycles. The van der Waals surface area contributed by atoms with Crippen molar-refractivity contribution in [2.45, 2.75) is 58.4 Å². The van der Waals surface area contributed by atoms with E-state index in [1.807, 2.05) is 13.8 Å². The van der Waals surface area contributed by atoms with Gasteiger partial charge in [0, 0.05) is 15.3 Å². The van der Waals surface area contributed by atoms with Crippen molar-refractivity contribution >= 4 is 23.3 Å². The minimum absolute atomic E-state index is 0.0597. The standard InChI is InChI=1S/C31H35FN2O3/c1-21(2)20-34(24-11-4-3-5-12-24)29-17-16-22(25-13-7-8-14-26(25)31(36)37)18-28(29)33-30(35)19-23-10-6-9-15-27(23)32/h6-10,13-18,21,24H,3-5,11-12,19-20H2,1-2H3,(H,33,35)(H,36,37)/i20D2. The third-order valence-corrected chi connectivity index (χ3v) is 6.64. The summed E-state index contributed by atoms with van der Waals surface area (Å²) in [5.41, 5.74) is 2.33. The predicted octanol–water partition coefficient (Wildman–Crippen LogP) is 7.17. The monoisotopic (exact) mass is 504 g/mol. The van der Waals surface area contributed by atoms with Crippen molar-refractivity contribution < 1.29 is 21.8 Å². The molecule has 0 aliphatic heterocycles. The van der Waals surface area contributed by atoms with Crippen LogP contribution in [-0.2, 0) is 11.2 Å². The van der Waals surface area contributed by atoms with E-state index in [-0.39, 0.29) is 29.5 Å². The third-order valence-electron chi connectivity index (χ3n) is 6.64. The molecule has 0 unspecified atom stereocenters. The number of hydrogen-bond acceptors (Lipinski definition) is 3. The van der Waals surface area contributed by atoms with Crippen LogP contribution in [0.25, 0.3) is 11.1 Å². The maximum atomic E-state index is 14.3. The van der Waals surface area contributed by atoms with Gasteiger partial charge < -0.3 is 15.3 Å². The highest BCUT2D eigenvalue weighted by atomic mass is 19.1. The lowest BCUT2D eigenvalue weighted by molar-refractivity contribution is -0.115.